The van der Waals surface area contributed by atoms with Crippen molar-refractivity contribution >= 4 is 50.8 Å². The fraction of sp³-hybridized carbons (Fsp3) is 0.0909. The maximum absolute atomic E-state index is 12.3. The number of nitrogens with two attached hydrogens (primary N) is 1. The van der Waals surface area contributed by atoms with E-state index in [4.69, 9.17) is 10.5 Å². The van der Waals surface area contributed by atoms with Crippen LogP contribution in [0.15, 0.2) is 71.2 Å². The Morgan fingerprint density at radius 2 is 1.83 bits per heavy atom. The molecule has 0 saturated carbocycles. The van der Waals surface area contributed by atoms with Crippen LogP contribution in [-0.4, -0.2) is 18.4 Å². The number of halogens is 1. The van der Waals surface area contributed by atoms with E-state index < -0.39 is 5.91 Å². The molecule has 0 aliphatic carbocycles. The van der Waals surface area contributed by atoms with Crippen LogP contribution in [0.5, 0.6) is 5.75 Å². The molecule has 0 fully saturated rings. The number of primary amides is 1. The van der Waals surface area contributed by atoms with Crippen LogP contribution in [0, 0.1) is 0 Å². The van der Waals surface area contributed by atoms with Crippen LogP contribution >= 0.6 is 27.3 Å². The zero-order chi connectivity index (χ0) is 20.6. The molecule has 0 aliphatic rings. The zero-order valence-corrected chi connectivity index (χ0v) is 17.8. The maximum atomic E-state index is 12.3. The van der Waals surface area contributed by atoms with Crippen LogP contribution in [0.2, 0.25) is 0 Å². The van der Waals surface area contributed by atoms with Crippen LogP contribution < -0.4 is 15.8 Å². The summed E-state index contributed by atoms with van der Waals surface area (Å²) >= 11 is 5.04. The number of thiophene rings is 1. The molecule has 0 radical (unpaired) electrons. The van der Waals surface area contributed by atoms with Gasteiger partial charge < -0.3 is 15.8 Å². The molecule has 7 heteroatoms. The summed E-state index contributed by atoms with van der Waals surface area (Å²) in [7, 11) is 0. The Labute approximate surface area is 181 Å². The average Bonchev–Trinajstić information content (AvgIpc) is 3.17. The van der Waals surface area contributed by atoms with Crippen molar-refractivity contribution in [2.24, 2.45) is 5.73 Å². The number of rotatable bonds is 8. The molecule has 0 bridgehead atoms. The number of anilines is 1. The molecule has 2 amide bonds. The summed E-state index contributed by atoms with van der Waals surface area (Å²) < 4.78 is 6.57. The highest BCUT2D eigenvalue weighted by molar-refractivity contribution is 9.10. The number of benzene rings is 2. The normalized spacial score (nSPS) is 10.8. The van der Waals surface area contributed by atoms with Crippen molar-refractivity contribution in [1.82, 2.24) is 0 Å². The van der Waals surface area contributed by atoms with E-state index in [0.29, 0.717) is 11.4 Å². The van der Waals surface area contributed by atoms with Crippen LogP contribution in [0.3, 0.4) is 0 Å². The smallest absolute Gasteiger partial charge is 0.248 e. The van der Waals surface area contributed by atoms with Gasteiger partial charge in [-0.2, -0.15) is 0 Å². The van der Waals surface area contributed by atoms with E-state index in [1.807, 2.05) is 36.4 Å². The summed E-state index contributed by atoms with van der Waals surface area (Å²) in [6.07, 6.45) is 3.37. The lowest BCUT2D eigenvalue weighted by Crippen LogP contribution is -2.15. The second-order valence-corrected chi connectivity index (χ2v) is 8.12. The molecule has 3 rings (SSSR count). The first kappa shape index (κ1) is 20.8. The van der Waals surface area contributed by atoms with Gasteiger partial charge in [0.1, 0.15) is 5.75 Å². The van der Waals surface area contributed by atoms with Gasteiger partial charge in [0.2, 0.25) is 11.8 Å². The molecule has 0 saturated heterocycles. The fourth-order valence-electron chi connectivity index (χ4n) is 2.50. The van der Waals surface area contributed by atoms with Crippen LogP contribution in [0.4, 0.5) is 5.69 Å². The third-order valence-electron chi connectivity index (χ3n) is 3.91. The van der Waals surface area contributed by atoms with Crippen LogP contribution in [-0.2, 0) is 9.59 Å². The maximum Gasteiger partial charge on any atom is 0.248 e. The zero-order valence-electron chi connectivity index (χ0n) is 15.4. The number of carbonyl (C=O) groups is 2. The first-order valence-electron chi connectivity index (χ1n) is 8.86. The molecule has 148 valence electrons. The predicted octanol–water partition coefficient (Wildman–Crippen LogP) is 5.08. The molecule has 2 aromatic carbocycles. The van der Waals surface area contributed by atoms with Gasteiger partial charge in [-0.25, -0.2) is 0 Å². The van der Waals surface area contributed by atoms with Crippen molar-refractivity contribution in [3.63, 3.8) is 0 Å². The van der Waals surface area contributed by atoms with Gasteiger partial charge in [-0.1, -0.05) is 40.2 Å². The van der Waals surface area contributed by atoms with Gasteiger partial charge in [-0.3, -0.25) is 9.59 Å². The Morgan fingerprint density at radius 1 is 1.07 bits per heavy atom. The number of hydrogen-bond donors (Lipinski definition) is 2. The number of nitrogens with one attached hydrogen (secondary N) is 1. The van der Waals surface area contributed by atoms with Gasteiger partial charge >= 0.3 is 0 Å². The second-order valence-electron chi connectivity index (χ2n) is 6.09. The Bertz CT molecular complexity index is 1030. The Morgan fingerprint density at radius 3 is 2.59 bits per heavy atom. The monoisotopic (exact) mass is 470 g/mol. The Balaban J connectivity index is 1.62. The lowest BCUT2D eigenvalue weighted by molar-refractivity contribution is -0.118. The molecule has 3 N–H and O–H groups in total. The largest absolute Gasteiger partial charge is 0.491 e. The summed E-state index contributed by atoms with van der Waals surface area (Å²) in [5.41, 5.74) is 6.78. The topological polar surface area (TPSA) is 81.4 Å². The number of amides is 2. The van der Waals surface area contributed by atoms with Crippen LogP contribution in [0.1, 0.15) is 11.3 Å². The summed E-state index contributed by atoms with van der Waals surface area (Å²) in [6.45, 7) is 0.159. The highest BCUT2D eigenvalue weighted by Crippen LogP contribution is 2.30. The summed E-state index contributed by atoms with van der Waals surface area (Å²) in [4.78, 5) is 25.3. The lowest BCUT2D eigenvalue weighted by Gasteiger charge is -2.10. The molecule has 1 heterocycles. The van der Waals surface area contributed by atoms with Gasteiger partial charge in [0.15, 0.2) is 0 Å². The van der Waals surface area contributed by atoms with Gasteiger partial charge in [-0.15, -0.1) is 11.3 Å². The highest BCUT2D eigenvalue weighted by Gasteiger charge is 2.07. The summed E-state index contributed by atoms with van der Waals surface area (Å²) in [5, 5.41) is 2.80. The van der Waals surface area contributed by atoms with Crippen molar-refractivity contribution in [2.75, 3.05) is 11.9 Å². The van der Waals surface area contributed by atoms with E-state index in [2.05, 4.69) is 21.2 Å². The highest BCUT2D eigenvalue weighted by atomic mass is 79.9. The molecule has 0 unspecified atom stereocenters. The number of carbonyl (C=O) groups excluding carboxylic acids is 2. The van der Waals surface area contributed by atoms with E-state index >= 15 is 0 Å². The quantitative estimate of drug-likeness (QED) is 0.450. The van der Waals surface area contributed by atoms with E-state index in [0.717, 1.165) is 19.8 Å². The molecule has 0 aliphatic heterocycles. The molecule has 29 heavy (non-hydrogen) atoms. The molecule has 1 aromatic heterocycles. The van der Waals surface area contributed by atoms with Gasteiger partial charge in [0, 0.05) is 20.3 Å². The van der Waals surface area contributed by atoms with Gasteiger partial charge in [-0.05, 0) is 48.0 Å². The SMILES string of the molecule is NC(=O)CCOc1ccccc1NC(=O)C=Cc1ccc(-c2ccc(Br)cc2)s1. The van der Waals surface area contributed by atoms with Gasteiger partial charge in [0.25, 0.3) is 0 Å². The van der Waals surface area contributed by atoms with Crippen molar-refractivity contribution in [3.05, 3.63) is 76.1 Å². The number of ether oxygens (including phenoxy) is 1. The third-order valence-corrected chi connectivity index (χ3v) is 5.53. The first-order chi connectivity index (χ1) is 14.0. The third kappa shape index (κ3) is 6.30. The molecule has 0 spiro atoms. The second kappa shape index (κ2) is 10.0. The van der Waals surface area contributed by atoms with Crippen molar-refractivity contribution in [1.29, 1.82) is 0 Å². The molecule has 3 aromatic rings. The van der Waals surface area contributed by atoms with E-state index in [9.17, 15) is 9.59 Å². The van der Waals surface area contributed by atoms with Crippen LogP contribution in [0.25, 0.3) is 16.5 Å². The summed E-state index contributed by atoms with van der Waals surface area (Å²) in [5.74, 6) is -0.216. The lowest BCUT2D eigenvalue weighted by atomic mass is 10.2. The average molecular weight is 471 g/mol. The minimum atomic E-state index is -0.437. The van der Waals surface area contributed by atoms with Crippen molar-refractivity contribution < 1.29 is 14.3 Å². The molecular weight excluding hydrogens is 452 g/mol. The molecule has 0 atom stereocenters. The minimum Gasteiger partial charge on any atom is -0.491 e. The Kier molecular flexibility index (Phi) is 7.21. The summed E-state index contributed by atoms with van der Waals surface area (Å²) in [6, 6.07) is 19.2. The predicted molar refractivity (Wildman–Crippen MR) is 121 cm³/mol. The molecule has 5 nitrogen and oxygen atoms in total. The number of hydrogen-bond acceptors (Lipinski definition) is 4. The first-order valence-corrected chi connectivity index (χ1v) is 10.5. The van der Waals surface area contributed by atoms with E-state index in [1.54, 1.807) is 41.7 Å². The van der Waals surface area contributed by atoms with Gasteiger partial charge in [0.05, 0.1) is 18.7 Å². The minimum absolute atomic E-state index is 0.112. The Hall–Kier alpha value is -2.90. The standard InChI is InChI=1S/C22H19BrN2O3S/c23-16-7-5-15(6-8-16)20-11-9-17(29-20)10-12-22(27)25-18-3-1-2-4-19(18)28-14-13-21(24)26/h1-12H,13-14H2,(H2,24,26)(H,25,27). The van der Waals surface area contributed by atoms with E-state index in [1.165, 1.54) is 6.08 Å². The van der Waals surface area contributed by atoms with E-state index in [-0.39, 0.29) is 18.9 Å². The fourth-order valence-corrected chi connectivity index (χ4v) is 3.68. The molecular formula is C22H19BrN2O3S. The number of para-hydroxylation sites is 2. The van der Waals surface area contributed by atoms with Crippen molar-refractivity contribution in [3.8, 4) is 16.2 Å². The van der Waals surface area contributed by atoms with Crippen molar-refractivity contribution in [2.45, 2.75) is 6.42 Å².